The van der Waals surface area contributed by atoms with Crippen LogP contribution >= 0.6 is 0 Å². The molecule has 13 heavy (non-hydrogen) atoms. The minimum atomic E-state index is 0. The maximum Gasteiger partial charge on any atom is -0.0313 e. The van der Waals surface area contributed by atoms with E-state index in [1.54, 1.807) is 0 Å². The monoisotopic (exact) mass is 182 g/mol. The zero-order valence-electron chi connectivity index (χ0n) is 9.15. The average Bonchev–Trinajstić information content (AvgIpc) is 2.16. The summed E-state index contributed by atoms with van der Waals surface area (Å²) in [5, 5.41) is 0. The molecular weight excluding hydrogens is 156 g/mol. The minimum Gasteiger partial charge on any atom is -0.0958 e. The first-order valence-electron chi connectivity index (χ1n) is 4.69. The van der Waals surface area contributed by atoms with Gasteiger partial charge in [0, 0.05) is 0 Å². The molecule has 0 saturated carbocycles. The molecule has 0 unspecified atom stereocenters. The van der Waals surface area contributed by atoms with Crippen molar-refractivity contribution in [3.63, 3.8) is 0 Å². The van der Waals surface area contributed by atoms with Gasteiger partial charge in [-0.25, -0.2) is 0 Å². The van der Waals surface area contributed by atoms with Gasteiger partial charge in [0.05, 0.1) is 0 Å². The summed E-state index contributed by atoms with van der Waals surface area (Å²) in [6.45, 7) is 14.1. The summed E-state index contributed by atoms with van der Waals surface area (Å²) in [5.41, 5.74) is 2.47. The van der Waals surface area contributed by atoms with Gasteiger partial charge in [0.1, 0.15) is 0 Å². The Labute approximate surface area is 85.1 Å². The lowest BCUT2D eigenvalue weighted by atomic mass is 10.2. The molecule has 0 fully saturated rings. The Bertz CT molecular complexity index is 159. The van der Waals surface area contributed by atoms with Gasteiger partial charge in [0.25, 0.3) is 0 Å². The highest BCUT2D eigenvalue weighted by Crippen LogP contribution is 2.01. The molecular formula is C13H26. The molecule has 78 valence electrons. The molecule has 0 bridgehead atoms. The van der Waals surface area contributed by atoms with E-state index in [0.717, 1.165) is 6.42 Å². The largest absolute Gasteiger partial charge is 0.0958 e. The molecule has 0 amide bonds. The lowest BCUT2D eigenvalue weighted by molar-refractivity contribution is 1.16. The van der Waals surface area contributed by atoms with Crippen molar-refractivity contribution in [2.75, 3.05) is 0 Å². The van der Waals surface area contributed by atoms with Crippen molar-refractivity contribution in [1.29, 1.82) is 0 Å². The SMILES string of the molecule is C.C=C(/C=C\C(C)=C/C)CC.CC. The second-order valence-corrected chi connectivity index (χ2v) is 2.38. The first-order valence-corrected chi connectivity index (χ1v) is 4.69. The van der Waals surface area contributed by atoms with E-state index in [1.165, 1.54) is 11.1 Å². The Hall–Kier alpha value is -0.780. The Kier molecular flexibility index (Phi) is 19.2. The van der Waals surface area contributed by atoms with Crippen LogP contribution in [0, 0.1) is 0 Å². The summed E-state index contributed by atoms with van der Waals surface area (Å²) in [7, 11) is 0. The quantitative estimate of drug-likeness (QED) is 0.530. The second kappa shape index (κ2) is 13.8. The smallest absolute Gasteiger partial charge is 0.0313 e. The second-order valence-electron chi connectivity index (χ2n) is 2.38. The fourth-order valence-corrected chi connectivity index (χ4v) is 0.463. The van der Waals surface area contributed by atoms with Gasteiger partial charge in [-0.05, 0) is 20.3 Å². The van der Waals surface area contributed by atoms with Gasteiger partial charge < -0.3 is 0 Å². The molecule has 0 aromatic rings. The maximum absolute atomic E-state index is 3.87. The lowest BCUT2D eigenvalue weighted by Gasteiger charge is -1.91. The molecule has 0 nitrogen and oxygen atoms in total. The highest BCUT2D eigenvalue weighted by Gasteiger charge is 1.80. The average molecular weight is 182 g/mol. The number of hydrogen-bond acceptors (Lipinski definition) is 0. The normalized spacial score (nSPS) is 10.1. The van der Waals surface area contributed by atoms with Crippen molar-refractivity contribution in [2.24, 2.45) is 0 Å². The van der Waals surface area contributed by atoms with Crippen molar-refractivity contribution >= 4 is 0 Å². The third kappa shape index (κ3) is 14.1. The van der Waals surface area contributed by atoms with E-state index < -0.39 is 0 Å². The third-order valence-electron chi connectivity index (χ3n) is 1.49. The molecule has 0 N–H and O–H groups in total. The van der Waals surface area contributed by atoms with Crippen LogP contribution in [0.25, 0.3) is 0 Å². The van der Waals surface area contributed by atoms with E-state index in [1.807, 2.05) is 20.8 Å². The van der Waals surface area contributed by atoms with E-state index in [2.05, 4.69) is 38.7 Å². The zero-order valence-corrected chi connectivity index (χ0v) is 9.15. The van der Waals surface area contributed by atoms with Crippen LogP contribution in [0.4, 0.5) is 0 Å². The van der Waals surface area contributed by atoms with Crippen LogP contribution in [-0.4, -0.2) is 0 Å². The molecule has 0 aliphatic heterocycles. The summed E-state index contributed by atoms with van der Waals surface area (Å²) in [6.07, 6.45) is 7.27. The summed E-state index contributed by atoms with van der Waals surface area (Å²) in [6, 6.07) is 0. The Balaban J connectivity index is -0.000000309. The van der Waals surface area contributed by atoms with E-state index in [-0.39, 0.29) is 7.43 Å². The van der Waals surface area contributed by atoms with E-state index in [9.17, 15) is 0 Å². The molecule has 0 atom stereocenters. The van der Waals surface area contributed by atoms with Crippen molar-refractivity contribution in [1.82, 2.24) is 0 Å². The van der Waals surface area contributed by atoms with Gasteiger partial charge in [-0.3, -0.25) is 0 Å². The van der Waals surface area contributed by atoms with Crippen molar-refractivity contribution in [3.05, 3.63) is 36.0 Å². The molecule has 0 heterocycles. The van der Waals surface area contributed by atoms with Crippen LogP contribution in [0.1, 0.15) is 48.5 Å². The van der Waals surface area contributed by atoms with Gasteiger partial charge in [-0.15, -0.1) is 0 Å². The van der Waals surface area contributed by atoms with E-state index >= 15 is 0 Å². The lowest BCUT2D eigenvalue weighted by Crippen LogP contribution is -1.70. The Morgan fingerprint density at radius 2 is 1.69 bits per heavy atom. The van der Waals surface area contributed by atoms with Crippen LogP contribution in [0.15, 0.2) is 36.0 Å². The van der Waals surface area contributed by atoms with Crippen LogP contribution in [-0.2, 0) is 0 Å². The predicted octanol–water partition coefficient (Wildman–Crippen LogP) is 5.14. The number of rotatable bonds is 3. The van der Waals surface area contributed by atoms with Crippen molar-refractivity contribution < 1.29 is 0 Å². The molecule has 0 rings (SSSR count). The highest BCUT2D eigenvalue weighted by atomic mass is 13.9. The van der Waals surface area contributed by atoms with Crippen LogP contribution < -0.4 is 0 Å². The minimum absolute atomic E-state index is 0. The molecule has 0 aliphatic rings. The van der Waals surface area contributed by atoms with Gasteiger partial charge in [-0.1, -0.05) is 64.2 Å². The van der Waals surface area contributed by atoms with Gasteiger partial charge >= 0.3 is 0 Å². The number of hydrogen-bond donors (Lipinski definition) is 0. The topological polar surface area (TPSA) is 0 Å². The molecule has 0 aromatic heterocycles. The summed E-state index contributed by atoms with van der Waals surface area (Å²) in [4.78, 5) is 0. The fraction of sp³-hybridized carbons (Fsp3) is 0.538. The van der Waals surface area contributed by atoms with Crippen LogP contribution in [0.3, 0.4) is 0 Å². The third-order valence-corrected chi connectivity index (χ3v) is 1.49. The zero-order chi connectivity index (χ0) is 9.98. The van der Waals surface area contributed by atoms with Gasteiger partial charge in [0.15, 0.2) is 0 Å². The Morgan fingerprint density at radius 1 is 1.23 bits per heavy atom. The molecule has 0 aliphatic carbocycles. The van der Waals surface area contributed by atoms with Crippen molar-refractivity contribution in [3.8, 4) is 0 Å². The van der Waals surface area contributed by atoms with E-state index in [0.29, 0.717) is 0 Å². The fourth-order valence-electron chi connectivity index (χ4n) is 0.463. The predicted molar refractivity (Wildman–Crippen MR) is 66.1 cm³/mol. The Morgan fingerprint density at radius 3 is 2.00 bits per heavy atom. The molecule has 0 spiro atoms. The van der Waals surface area contributed by atoms with Gasteiger partial charge in [0.2, 0.25) is 0 Å². The van der Waals surface area contributed by atoms with Gasteiger partial charge in [-0.2, -0.15) is 0 Å². The van der Waals surface area contributed by atoms with Crippen molar-refractivity contribution in [2.45, 2.75) is 48.5 Å². The maximum atomic E-state index is 3.87. The molecule has 0 aromatic carbocycles. The highest BCUT2D eigenvalue weighted by molar-refractivity contribution is 5.23. The van der Waals surface area contributed by atoms with Crippen LogP contribution in [0.2, 0.25) is 0 Å². The first-order chi connectivity index (χ1) is 5.70. The molecule has 0 saturated heterocycles. The van der Waals surface area contributed by atoms with Crippen LogP contribution in [0.5, 0.6) is 0 Å². The first kappa shape index (κ1) is 18.1. The van der Waals surface area contributed by atoms with E-state index in [4.69, 9.17) is 0 Å². The molecule has 0 heteroatoms. The summed E-state index contributed by atoms with van der Waals surface area (Å²) >= 11 is 0. The summed E-state index contributed by atoms with van der Waals surface area (Å²) < 4.78 is 0. The standard InChI is InChI=1S/C10H16.C2H6.CH4/c1-5-9(3)7-8-10(4)6-2;1-2;/h6-8H,3,5H2,1-2,4H3;1-2H3;1H4/b8-7-,10-6-;;. The summed E-state index contributed by atoms with van der Waals surface area (Å²) in [5.74, 6) is 0. The molecule has 0 radical (unpaired) electrons. The number of allylic oxidation sites excluding steroid dienone is 5.